The Morgan fingerprint density at radius 1 is 1.70 bits per heavy atom. The van der Waals surface area contributed by atoms with Gasteiger partial charge in [0.05, 0.1) is 10.8 Å². The molecule has 0 aliphatic rings. The van der Waals surface area contributed by atoms with Crippen molar-refractivity contribution < 1.29 is 4.39 Å². The molecular weight excluding hydrogens is 151 g/mol. The van der Waals surface area contributed by atoms with Gasteiger partial charge in [0.2, 0.25) is 5.95 Å². The van der Waals surface area contributed by atoms with Gasteiger partial charge in [-0.3, -0.25) is 0 Å². The smallest absolute Gasteiger partial charge is 0.214 e. The van der Waals surface area contributed by atoms with Crippen LogP contribution in [0.2, 0.25) is 0 Å². The number of aromatic nitrogens is 1. The van der Waals surface area contributed by atoms with Gasteiger partial charge in [0, 0.05) is 12.3 Å². The monoisotopic (exact) mass is 154 g/mol. The second kappa shape index (κ2) is 3.15. The average molecular weight is 154 g/mol. The summed E-state index contributed by atoms with van der Waals surface area (Å²) in [6.07, 6.45) is 1.32. The molecular formula is C6H3FN2S. The number of halogens is 1. The van der Waals surface area contributed by atoms with E-state index < -0.39 is 5.95 Å². The Kier molecular flexibility index (Phi) is 2.20. The summed E-state index contributed by atoms with van der Waals surface area (Å²) in [4.78, 5) is 6.89. The summed E-state index contributed by atoms with van der Waals surface area (Å²) in [5.74, 6) is -0.563. The first-order valence-corrected chi connectivity index (χ1v) is 2.93. The number of thiocarbonyl (C=S) groups is 1. The van der Waals surface area contributed by atoms with Crippen LogP contribution < -0.4 is 0 Å². The van der Waals surface area contributed by atoms with Crippen LogP contribution in [0.5, 0.6) is 0 Å². The Morgan fingerprint density at radius 2 is 2.50 bits per heavy atom. The summed E-state index contributed by atoms with van der Waals surface area (Å²) in [6.45, 7) is 0. The van der Waals surface area contributed by atoms with Crippen molar-refractivity contribution in [1.29, 1.82) is 0 Å². The highest BCUT2D eigenvalue weighted by molar-refractivity contribution is 7.78. The zero-order chi connectivity index (χ0) is 7.40. The molecule has 0 bridgehead atoms. The van der Waals surface area contributed by atoms with Crippen LogP contribution in [-0.2, 0) is 0 Å². The molecule has 2 nitrogen and oxygen atoms in total. The van der Waals surface area contributed by atoms with Crippen molar-refractivity contribution in [3.05, 3.63) is 24.3 Å². The largest absolute Gasteiger partial charge is 0.228 e. The molecule has 1 aromatic heterocycles. The SMILES string of the molecule is Fc1cc(N=C=S)ccn1. The number of hydrogen-bond acceptors (Lipinski definition) is 3. The molecule has 50 valence electrons. The lowest BCUT2D eigenvalue weighted by molar-refractivity contribution is 0.584. The molecule has 0 radical (unpaired) electrons. The Labute approximate surface area is 62.4 Å². The highest BCUT2D eigenvalue weighted by Gasteiger charge is 1.90. The minimum Gasteiger partial charge on any atom is -0.228 e. The molecule has 10 heavy (non-hydrogen) atoms. The summed E-state index contributed by atoms with van der Waals surface area (Å²) in [7, 11) is 0. The second-order valence-corrected chi connectivity index (χ2v) is 1.72. The van der Waals surface area contributed by atoms with Gasteiger partial charge < -0.3 is 0 Å². The molecule has 0 aliphatic heterocycles. The van der Waals surface area contributed by atoms with Crippen molar-refractivity contribution in [3.63, 3.8) is 0 Å². The van der Waals surface area contributed by atoms with E-state index in [1.165, 1.54) is 12.3 Å². The maximum atomic E-state index is 12.3. The van der Waals surface area contributed by atoms with Gasteiger partial charge in [-0.2, -0.15) is 9.38 Å². The van der Waals surface area contributed by atoms with Crippen molar-refractivity contribution in [2.75, 3.05) is 0 Å². The average Bonchev–Trinajstić information content (AvgIpc) is 1.88. The Hall–Kier alpha value is -1.12. The molecule has 0 spiro atoms. The first-order chi connectivity index (χ1) is 4.83. The van der Waals surface area contributed by atoms with Gasteiger partial charge in [0.15, 0.2) is 0 Å². The fraction of sp³-hybridized carbons (Fsp3) is 0. The molecule has 0 unspecified atom stereocenters. The summed E-state index contributed by atoms with van der Waals surface area (Å²) in [5, 5.41) is 2.13. The first-order valence-electron chi connectivity index (χ1n) is 2.52. The van der Waals surface area contributed by atoms with Crippen molar-refractivity contribution in [3.8, 4) is 0 Å². The van der Waals surface area contributed by atoms with E-state index in [-0.39, 0.29) is 0 Å². The molecule has 0 aromatic carbocycles. The summed E-state index contributed by atoms with van der Waals surface area (Å²) in [6, 6.07) is 2.72. The van der Waals surface area contributed by atoms with Crippen LogP contribution in [0, 0.1) is 5.95 Å². The minimum atomic E-state index is -0.563. The van der Waals surface area contributed by atoms with Crippen molar-refractivity contribution in [1.82, 2.24) is 4.98 Å². The van der Waals surface area contributed by atoms with Crippen LogP contribution in [0.4, 0.5) is 10.1 Å². The number of pyridine rings is 1. The van der Waals surface area contributed by atoms with Crippen molar-refractivity contribution in [2.24, 2.45) is 4.99 Å². The summed E-state index contributed by atoms with van der Waals surface area (Å²) < 4.78 is 12.3. The fourth-order valence-electron chi connectivity index (χ4n) is 0.514. The molecule has 0 atom stereocenters. The zero-order valence-corrected chi connectivity index (χ0v) is 5.73. The van der Waals surface area contributed by atoms with E-state index in [2.05, 4.69) is 27.4 Å². The van der Waals surface area contributed by atoms with E-state index in [1.54, 1.807) is 6.07 Å². The molecule has 0 aliphatic carbocycles. The number of rotatable bonds is 1. The Bertz CT molecular complexity index is 281. The highest BCUT2D eigenvalue weighted by Crippen LogP contribution is 2.08. The molecule has 0 N–H and O–H groups in total. The van der Waals surface area contributed by atoms with Crippen LogP contribution in [0.15, 0.2) is 23.3 Å². The fourth-order valence-corrected chi connectivity index (χ4v) is 0.620. The molecule has 0 fully saturated rings. The Morgan fingerprint density at radius 3 is 3.10 bits per heavy atom. The van der Waals surface area contributed by atoms with E-state index in [0.29, 0.717) is 5.69 Å². The number of isothiocyanates is 1. The standard InChI is InChI=1S/C6H3FN2S/c7-6-3-5(9-4-10)1-2-8-6/h1-3H. The molecule has 0 saturated heterocycles. The predicted molar refractivity (Wildman–Crippen MR) is 38.9 cm³/mol. The minimum absolute atomic E-state index is 0.433. The lowest BCUT2D eigenvalue weighted by Crippen LogP contribution is -1.76. The maximum absolute atomic E-state index is 12.3. The van der Waals surface area contributed by atoms with Gasteiger partial charge in [0.1, 0.15) is 0 Å². The second-order valence-electron chi connectivity index (χ2n) is 1.54. The number of hydrogen-bond donors (Lipinski definition) is 0. The van der Waals surface area contributed by atoms with Gasteiger partial charge in [-0.05, 0) is 18.3 Å². The third kappa shape index (κ3) is 1.69. The molecule has 1 aromatic rings. The van der Waals surface area contributed by atoms with Gasteiger partial charge >= 0.3 is 0 Å². The zero-order valence-electron chi connectivity index (χ0n) is 4.91. The van der Waals surface area contributed by atoms with Gasteiger partial charge in [-0.1, -0.05) is 0 Å². The number of nitrogens with zero attached hydrogens (tertiary/aromatic N) is 2. The summed E-state index contributed by atoms with van der Waals surface area (Å²) >= 11 is 4.32. The van der Waals surface area contributed by atoms with E-state index in [4.69, 9.17) is 0 Å². The van der Waals surface area contributed by atoms with E-state index in [0.717, 1.165) is 0 Å². The molecule has 0 amide bonds. The topological polar surface area (TPSA) is 25.2 Å². The van der Waals surface area contributed by atoms with Gasteiger partial charge in [0.25, 0.3) is 0 Å². The molecule has 0 saturated carbocycles. The van der Waals surface area contributed by atoms with Crippen LogP contribution in [0.25, 0.3) is 0 Å². The van der Waals surface area contributed by atoms with Crippen LogP contribution in [-0.4, -0.2) is 10.1 Å². The predicted octanol–water partition coefficient (Wildman–Crippen LogP) is 1.95. The first kappa shape index (κ1) is 6.99. The lowest BCUT2D eigenvalue weighted by Gasteiger charge is -1.87. The lowest BCUT2D eigenvalue weighted by atomic mass is 10.4. The third-order valence-corrected chi connectivity index (χ3v) is 0.976. The quantitative estimate of drug-likeness (QED) is 0.351. The van der Waals surface area contributed by atoms with Crippen LogP contribution in [0.3, 0.4) is 0 Å². The molecule has 1 heterocycles. The maximum Gasteiger partial charge on any atom is 0.214 e. The van der Waals surface area contributed by atoms with E-state index in [1.807, 2.05) is 0 Å². The van der Waals surface area contributed by atoms with E-state index >= 15 is 0 Å². The molecule has 4 heteroatoms. The Balaban J connectivity index is 3.06. The van der Waals surface area contributed by atoms with Crippen LogP contribution >= 0.6 is 12.2 Å². The number of aliphatic imine (C=N–C) groups is 1. The van der Waals surface area contributed by atoms with Gasteiger partial charge in [-0.15, -0.1) is 0 Å². The molecule has 1 rings (SSSR count). The summed E-state index contributed by atoms with van der Waals surface area (Å²) in [5.41, 5.74) is 0.433. The normalized spacial score (nSPS) is 8.50. The van der Waals surface area contributed by atoms with Crippen molar-refractivity contribution >= 4 is 23.1 Å². The van der Waals surface area contributed by atoms with Crippen LogP contribution in [0.1, 0.15) is 0 Å². The van der Waals surface area contributed by atoms with Crippen molar-refractivity contribution in [2.45, 2.75) is 0 Å². The third-order valence-electron chi connectivity index (χ3n) is 0.885. The van der Waals surface area contributed by atoms with E-state index in [9.17, 15) is 4.39 Å². The van der Waals surface area contributed by atoms with Gasteiger partial charge in [-0.25, -0.2) is 4.98 Å². The highest BCUT2D eigenvalue weighted by atomic mass is 32.1.